The highest BCUT2D eigenvalue weighted by molar-refractivity contribution is 5.40. The van der Waals surface area contributed by atoms with E-state index in [-0.39, 0.29) is 18.1 Å². The molecule has 0 unspecified atom stereocenters. The number of rotatable bonds is 4. The largest absolute Gasteiger partial charge is 0.396 e. The Kier molecular flexibility index (Phi) is 4.77. The number of nitriles is 1. The van der Waals surface area contributed by atoms with Gasteiger partial charge in [0, 0.05) is 44.2 Å². The molecule has 1 heterocycles. The number of hydrogen-bond donors (Lipinski definition) is 2. The fraction of sp³-hybridized carbons (Fsp3) is 0.562. The molecule has 1 aromatic carbocycles. The van der Waals surface area contributed by atoms with Gasteiger partial charge in [0.25, 0.3) is 0 Å². The molecule has 108 valence electrons. The number of nitrogens with zero attached hydrogens (tertiary/aromatic N) is 2. The fourth-order valence-electron chi connectivity index (χ4n) is 2.98. The van der Waals surface area contributed by atoms with Crippen LogP contribution in [-0.2, 0) is 0 Å². The Balaban J connectivity index is 2.43. The van der Waals surface area contributed by atoms with Crippen molar-refractivity contribution in [3.63, 3.8) is 0 Å². The maximum absolute atomic E-state index is 9.79. The van der Waals surface area contributed by atoms with E-state index < -0.39 is 0 Å². The third-order valence-corrected chi connectivity index (χ3v) is 4.04. The minimum absolute atomic E-state index is 0.0606. The quantitative estimate of drug-likeness (QED) is 0.873. The van der Waals surface area contributed by atoms with Gasteiger partial charge in [0.15, 0.2) is 0 Å². The van der Waals surface area contributed by atoms with Gasteiger partial charge in [-0.05, 0) is 11.6 Å². The molecule has 0 bridgehead atoms. The van der Waals surface area contributed by atoms with Gasteiger partial charge in [0.2, 0.25) is 0 Å². The molecule has 1 atom stereocenters. The first-order chi connectivity index (χ1) is 9.60. The summed E-state index contributed by atoms with van der Waals surface area (Å²) in [4.78, 5) is 2.38. The molecule has 20 heavy (non-hydrogen) atoms. The van der Waals surface area contributed by atoms with Gasteiger partial charge in [0.05, 0.1) is 11.6 Å². The molecule has 1 aliphatic heterocycles. The van der Waals surface area contributed by atoms with Gasteiger partial charge >= 0.3 is 0 Å². The lowest BCUT2D eigenvalue weighted by Crippen LogP contribution is -2.49. The lowest BCUT2D eigenvalue weighted by molar-refractivity contribution is 0.0304. The van der Waals surface area contributed by atoms with Gasteiger partial charge in [-0.2, -0.15) is 5.26 Å². The predicted octanol–water partition coefficient (Wildman–Crippen LogP) is 1.52. The minimum Gasteiger partial charge on any atom is -0.396 e. The number of aliphatic hydroxyl groups is 1. The van der Waals surface area contributed by atoms with Gasteiger partial charge in [-0.3, -0.25) is 4.90 Å². The molecule has 1 aromatic rings. The van der Waals surface area contributed by atoms with Gasteiger partial charge < -0.3 is 10.4 Å². The second-order valence-electron chi connectivity index (χ2n) is 6.03. The highest BCUT2D eigenvalue weighted by atomic mass is 16.3. The van der Waals surface area contributed by atoms with Gasteiger partial charge in [-0.15, -0.1) is 0 Å². The molecular formula is C16H23N3O. The van der Waals surface area contributed by atoms with Crippen LogP contribution in [0, 0.1) is 16.7 Å². The fourth-order valence-corrected chi connectivity index (χ4v) is 2.98. The standard InChI is InChI=1S/C16H23N3O/c1-16(2,12-20)15(19-9-7-18-8-10-19)14-6-4-3-5-13(14)11-17/h3-6,15,18,20H,7-10,12H2,1-2H3/t15-/m1/s1. The minimum atomic E-state index is -0.287. The van der Waals surface area contributed by atoms with Gasteiger partial charge in [-0.25, -0.2) is 0 Å². The Hall–Kier alpha value is -1.41. The van der Waals surface area contributed by atoms with Gasteiger partial charge in [-0.1, -0.05) is 32.0 Å². The zero-order valence-electron chi connectivity index (χ0n) is 12.3. The number of piperazine rings is 1. The van der Waals surface area contributed by atoms with Crippen molar-refractivity contribution < 1.29 is 5.11 Å². The van der Waals surface area contributed by atoms with Crippen LogP contribution in [-0.4, -0.2) is 42.8 Å². The van der Waals surface area contributed by atoms with Crippen LogP contribution >= 0.6 is 0 Å². The Morgan fingerprint density at radius 1 is 1.35 bits per heavy atom. The zero-order chi connectivity index (χ0) is 14.6. The summed E-state index contributed by atoms with van der Waals surface area (Å²) in [5.74, 6) is 0. The molecule has 4 nitrogen and oxygen atoms in total. The summed E-state index contributed by atoms with van der Waals surface area (Å²) in [5.41, 5.74) is 1.44. The molecule has 4 heteroatoms. The van der Waals surface area contributed by atoms with E-state index in [9.17, 15) is 10.4 Å². The highest BCUT2D eigenvalue weighted by Crippen LogP contribution is 2.39. The number of aliphatic hydroxyl groups excluding tert-OH is 1. The Labute approximate surface area is 121 Å². The van der Waals surface area contributed by atoms with Crippen molar-refractivity contribution >= 4 is 0 Å². The molecule has 1 saturated heterocycles. The molecule has 0 radical (unpaired) electrons. The normalized spacial score (nSPS) is 18.5. The zero-order valence-corrected chi connectivity index (χ0v) is 12.3. The van der Waals surface area contributed by atoms with Crippen LogP contribution < -0.4 is 5.32 Å². The van der Waals surface area contributed by atoms with Crippen molar-refractivity contribution in [1.29, 1.82) is 5.26 Å². The number of hydrogen-bond acceptors (Lipinski definition) is 4. The summed E-state index contributed by atoms with van der Waals surface area (Å²) >= 11 is 0. The van der Waals surface area contributed by atoms with E-state index in [1.807, 2.05) is 24.3 Å². The van der Waals surface area contributed by atoms with E-state index in [1.165, 1.54) is 0 Å². The molecule has 0 aliphatic carbocycles. The van der Waals surface area contributed by atoms with Crippen molar-refractivity contribution in [3.8, 4) is 6.07 Å². The summed E-state index contributed by atoms with van der Waals surface area (Å²) in [6, 6.07) is 10.1. The summed E-state index contributed by atoms with van der Waals surface area (Å²) in [6.07, 6.45) is 0. The van der Waals surface area contributed by atoms with Crippen LogP contribution in [0.1, 0.15) is 31.0 Å². The van der Waals surface area contributed by atoms with Crippen molar-refractivity contribution in [2.24, 2.45) is 5.41 Å². The van der Waals surface area contributed by atoms with E-state index in [4.69, 9.17) is 0 Å². The van der Waals surface area contributed by atoms with Crippen molar-refractivity contribution in [2.45, 2.75) is 19.9 Å². The smallest absolute Gasteiger partial charge is 0.0995 e. The van der Waals surface area contributed by atoms with E-state index >= 15 is 0 Å². The average Bonchev–Trinajstić information content (AvgIpc) is 2.49. The summed E-state index contributed by atoms with van der Waals surface area (Å²) < 4.78 is 0. The van der Waals surface area contributed by atoms with Crippen LogP contribution in [0.25, 0.3) is 0 Å². The first kappa shape index (κ1) is 15.0. The molecule has 0 saturated carbocycles. The summed E-state index contributed by atoms with van der Waals surface area (Å²) in [7, 11) is 0. The van der Waals surface area contributed by atoms with Crippen LogP contribution in [0.3, 0.4) is 0 Å². The first-order valence-electron chi connectivity index (χ1n) is 7.15. The SMILES string of the molecule is CC(C)(CO)[C@@H](c1ccccc1C#N)N1CCNCC1. The highest BCUT2D eigenvalue weighted by Gasteiger charge is 2.36. The van der Waals surface area contributed by atoms with Crippen molar-refractivity contribution in [1.82, 2.24) is 10.2 Å². The van der Waals surface area contributed by atoms with Gasteiger partial charge in [0.1, 0.15) is 0 Å². The molecule has 0 amide bonds. The summed E-state index contributed by atoms with van der Waals surface area (Å²) in [5, 5.41) is 22.5. The molecule has 0 spiro atoms. The van der Waals surface area contributed by atoms with Crippen LogP contribution in [0.5, 0.6) is 0 Å². The lowest BCUT2D eigenvalue weighted by atomic mass is 9.78. The lowest BCUT2D eigenvalue weighted by Gasteiger charge is -2.43. The molecule has 0 aromatic heterocycles. The summed E-state index contributed by atoms with van der Waals surface area (Å²) in [6.45, 7) is 8.00. The maximum Gasteiger partial charge on any atom is 0.0995 e. The third-order valence-electron chi connectivity index (χ3n) is 4.04. The Morgan fingerprint density at radius 3 is 2.60 bits per heavy atom. The molecule has 2 rings (SSSR count). The Bertz CT molecular complexity index is 487. The van der Waals surface area contributed by atoms with E-state index in [1.54, 1.807) is 0 Å². The molecule has 2 N–H and O–H groups in total. The van der Waals surface area contributed by atoms with E-state index in [0.717, 1.165) is 31.7 Å². The monoisotopic (exact) mass is 273 g/mol. The molecule has 1 aliphatic rings. The second kappa shape index (κ2) is 6.36. The first-order valence-corrected chi connectivity index (χ1v) is 7.15. The number of benzene rings is 1. The maximum atomic E-state index is 9.79. The second-order valence-corrected chi connectivity index (χ2v) is 6.03. The average molecular weight is 273 g/mol. The third kappa shape index (κ3) is 3.01. The van der Waals surface area contributed by atoms with E-state index in [0.29, 0.717) is 5.56 Å². The number of nitrogens with one attached hydrogen (secondary N) is 1. The van der Waals surface area contributed by atoms with Crippen molar-refractivity contribution in [2.75, 3.05) is 32.8 Å². The van der Waals surface area contributed by atoms with Crippen LogP contribution in [0.15, 0.2) is 24.3 Å². The molecule has 1 fully saturated rings. The predicted molar refractivity (Wildman–Crippen MR) is 79.2 cm³/mol. The molecular weight excluding hydrogens is 250 g/mol. The van der Waals surface area contributed by atoms with Crippen LogP contribution in [0.4, 0.5) is 0 Å². The van der Waals surface area contributed by atoms with Crippen LogP contribution in [0.2, 0.25) is 0 Å². The van der Waals surface area contributed by atoms with E-state index in [2.05, 4.69) is 30.1 Å². The topological polar surface area (TPSA) is 59.3 Å². The Morgan fingerprint density at radius 2 is 2.00 bits per heavy atom. The van der Waals surface area contributed by atoms with Crippen molar-refractivity contribution in [3.05, 3.63) is 35.4 Å².